The van der Waals surface area contributed by atoms with Crippen molar-refractivity contribution in [1.82, 2.24) is 15.0 Å². The Balaban J connectivity index is 2.14. The van der Waals surface area contributed by atoms with Gasteiger partial charge in [0.2, 0.25) is 5.95 Å². The van der Waals surface area contributed by atoms with Gasteiger partial charge in [0.25, 0.3) is 0 Å². The van der Waals surface area contributed by atoms with Crippen molar-refractivity contribution in [2.75, 3.05) is 12.4 Å². The number of aryl methyl sites for hydroxylation is 1. The van der Waals surface area contributed by atoms with E-state index < -0.39 is 0 Å². The van der Waals surface area contributed by atoms with Crippen LogP contribution in [0, 0.1) is 12.7 Å². The van der Waals surface area contributed by atoms with Gasteiger partial charge in [-0.1, -0.05) is 0 Å². The monoisotopic (exact) mass is 268 g/mol. The third-order valence-electron chi connectivity index (χ3n) is 3.02. The first-order chi connectivity index (χ1) is 9.65. The van der Waals surface area contributed by atoms with Gasteiger partial charge in [-0.05, 0) is 31.2 Å². The van der Waals surface area contributed by atoms with Gasteiger partial charge in [-0.3, -0.25) is 4.98 Å². The maximum atomic E-state index is 13.1. The molecular weight excluding hydrogens is 255 g/mol. The molecule has 2 aromatic heterocycles. The lowest BCUT2D eigenvalue weighted by Gasteiger charge is -2.06. The van der Waals surface area contributed by atoms with Crippen molar-refractivity contribution in [3.8, 4) is 11.3 Å². The molecule has 0 bridgehead atoms. The van der Waals surface area contributed by atoms with Crippen LogP contribution in [0.1, 0.15) is 5.69 Å². The smallest absolute Gasteiger partial charge is 0.223 e. The number of hydrogen-bond donors (Lipinski definition) is 1. The van der Waals surface area contributed by atoms with Gasteiger partial charge in [0, 0.05) is 36.0 Å². The van der Waals surface area contributed by atoms with Crippen LogP contribution in [0.15, 0.2) is 36.5 Å². The molecule has 100 valence electrons. The first kappa shape index (κ1) is 12.5. The zero-order valence-electron chi connectivity index (χ0n) is 11.2. The normalized spacial score (nSPS) is 10.8. The largest absolute Gasteiger partial charge is 0.357 e. The molecule has 0 aliphatic carbocycles. The van der Waals surface area contributed by atoms with Crippen LogP contribution in [0.5, 0.6) is 0 Å². The Labute approximate surface area is 115 Å². The molecule has 20 heavy (non-hydrogen) atoms. The van der Waals surface area contributed by atoms with Crippen LogP contribution < -0.4 is 5.32 Å². The molecule has 0 aliphatic heterocycles. The average molecular weight is 268 g/mol. The van der Waals surface area contributed by atoms with Crippen LogP contribution in [-0.2, 0) is 0 Å². The molecule has 0 radical (unpaired) electrons. The minimum atomic E-state index is -0.284. The van der Waals surface area contributed by atoms with Crippen LogP contribution in [0.3, 0.4) is 0 Å². The van der Waals surface area contributed by atoms with Crippen LogP contribution in [0.25, 0.3) is 22.2 Å². The summed E-state index contributed by atoms with van der Waals surface area (Å²) < 4.78 is 13.1. The molecule has 0 spiro atoms. The van der Waals surface area contributed by atoms with Crippen molar-refractivity contribution in [3.05, 3.63) is 48.0 Å². The molecule has 2 heterocycles. The molecule has 0 saturated carbocycles. The van der Waals surface area contributed by atoms with Crippen molar-refractivity contribution in [2.45, 2.75) is 6.92 Å². The Hall–Kier alpha value is -2.56. The van der Waals surface area contributed by atoms with Crippen molar-refractivity contribution < 1.29 is 4.39 Å². The minimum absolute atomic E-state index is 0.284. The number of anilines is 1. The summed E-state index contributed by atoms with van der Waals surface area (Å²) in [5.41, 5.74) is 3.18. The Morgan fingerprint density at radius 2 is 1.95 bits per heavy atom. The fourth-order valence-corrected chi connectivity index (χ4v) is 2.06. The van der Waals surface area contributed by atoms with Gasteiger partial charge in [0.15, 0.2) is 0 Å². The predicted octanol–water partition coefficient (Wildman–Crippen LogP) is 3.18. The van der Waals surface area contributed by atoms with E-state index in [1.165, 1.54) is 12.1 Å². The number of nitrogens with one attached hydrogen (secondary N) is 1. The molecule has 3 aromatic rings. The SMILES string of the molecule is CNc1nc(C)cc(-c2cnc3cc(F)ccc3c2)n1. The molecule has 0 saturated heterocycles. The minimum Gasteiger partial charge on any atom is -0.357 e. The Kier molecular flexibility index (Phi) is 3.02. The van der Waals surface area contributed by atoms with Crippen LogP contribution in [0.4, 0.5) is 10.3 Å². The molecule has 0 aliphatic rings. The van der Waals surface area contributed by atoms with E-state index in [9.17, 15) is 4.39 Å². The first-order valence-corrected chi connectivity index (χ1v) is 6.25. The summed E-state index contributed by atoms with van der Waals surface area (Å²) in [5.74, 6) is 0.285. The van der Waals surface area contributed by atoms with Crippen LogP contribution >= 0.6 is 0 Å². The van der Waals surface area contributed by atoms with Crippen molar-refractivity contribution in [3.63, 3.8) is 0 Å². The predicted molar refractivity (Wildman–Crippen MR) is 77.0 cm³/mol. The number of nitrogens with zero attached hydrogens (tertiary/aromatic N) is 3. The Bertz CT molecular complexity index is 786. The third-order valence-corrected chi connectivity index (χ3v) is 3.02. The van der Waals surface area contributed by atoms with Crippen LogP contribution in [-0.4, -0.2) is 22.0 Å². The molecule has 0 amide bonds. The molecule has 4 nitrogen and oxygen atoms in total. The second-order valence-electron chi connectivity index (χ2n) is 4.53. The van der Waals surface area contributed by atoms with E-state index in [2.05, 4.69) is 20.3 Å². The van der Waals surface area contributed by atoms with Gasteiger partial charge in [0.05, 0.1) is 11.2 Å². The highest BCUT2D eigenvalue weighted by atomic mass is 19.1. The molecule has 0 atom stereocenters. The van der Waals surface area contributed by atoms with Gasteiger partial charge >= 0.3 is 0 Å². The Morgan fingerprint density at radius 1 is 1.10 bits per heavy atom. The molecule has 5 heteroatoms. The number of halogens is 1. The van der Waals surface area contributed by atoms with Crippen LogP contribution in [0.2, 0.25) is 0 Å². The highest BCUT2D eigenvalue weighted by Gasteiger charge is 2.06. The molecule has 3 rings (SSSR count). The summed E-state index contributed by atoms with van der Waals surface area (Å²) in [7, 11) is 1.78. The van der Waals surface area contributed by atoms with E-state index in [1.54, 1.807) is 19.3 Å². The zero-order valence-corrected chi connectivity index (χ0v) is 11.2. The molecule has 0 unspecified atom stereocenters. The van der Waals surface area contributed by atoms with Crippen molar-refractivity contribution >= 4 is 16.9 Å². The zero-order chi connectivity index (χ0) is 14.1. The maximum Gasteiger partial charge on any atom is 0.223 e. The van der Waals surface area contributed by atoms with E-state index in [1.807, 2.05) is 19.1 Å². The number of hydrogen-bond acceptors (Lipinski definition) is 4. The molecule has 1 N–H and O–H groups in total. The standard InChI is InChI=1S/C15H13FN4/c1-9-5-14(20-15(17-2)19-9)11-6-10-3-4-12(16)7-13(10)18-8-11/h3-8H,1-2H3,(H,17,19,20). The van der Waals surface area contributed by atoms with Crippen molar-refractivity contribution in [2.24, 2.45) is 0 Å². The fraction of sp³-hybridized carbons (Fsp3) is 0.133. The summed E-state index contributed by atoms with van der Waals surface area (Å²) in [6, 6.07) is 8.41. The summed E-state index contributed by atoms with van der Waals surface area (Å²) >= 11 is 0. The second kappa shape index (κ2) is 4.85. The Morgan fingerprint density at radius 3 is 2.75 bits per heavy atom. The highest BCUT2D eigenvalue weighted by molar-refractivity contribution is 5.83. The molecule has 0 fully saturated rings. The maximum absolute atomic E-state index is 13.1. The van der Waals surface area contributed by atoms with E-state index in [0.717, 1.165) is 22.3 Å². The van der Waals surface area contributed by atoms with E-state index in [-0.39, 0.29) is 5.82 Å². The average Bonchev–Trinajstić information content (AvgIpc) is 2.46. The molecule has 1 aromatic carbocycles. The highest BCUT2D eigenvalue weighted by Crippen LogP contribution is 2.23. The third kappa shape index (κ3) is 2.30. The summed E-state index contributed by atoms with van der Waals surface area (Å²) in [6.07, 6.45) is 1.70. The quantitative estimate of drug-likeness (QED) is 0.775. The van der Waals surface area contributed by atoms with Gasteiger partial charge in [-0.2, -0.15) is 0 Å². The number of benzene rings is 1. The molecular formula is C15H13FN4. The fourth-order valence-electron chi connectivity index (χ4n) is 2.06. The lowest BCUT2D eigenvalue weighted by Crippen LogP contribution is -1.99. The topological polar surface area (TPSA) is 50.7 Å². The summed E-state index contributed by atoms with van der Waals surface area (Å²) in [6.45, 7) is 1.91. The summed E-state index contributed by atoms with van der Waals surface area (Å²) in [4.78, 5) is 13.0. The number of rotatable bonds is 2. The van der Waals surface area contributed by atoms with E-state index >= 15 is 0 Å². The van der Waals surface area contributed by atoms with Gasteiger partial charge in [0.1, 0.15) is 5.82 Å². The van der Waals surface area contributed by atoms with E-state index in [0.29, 0.717) is 11.5 Å². The van der Waals surface area contributed by atoms with Gasteiger partial charge in [-0.15, -0.1) is 0 Å². The number of pyridine rings is 1. The first-order valence-electron chi connectivity index (χ1n) is 6.25. The lowest BCUT2D eigenvalue weighted by molar-refractivity contribution is 0.629. The van der Waals surface area contributed by atoms with E-state index in [4.69, 9.17) is 0 Å². The summed E-state index contributed by atoms with van der Waals surface area (Å²) in [5, 5.41) is 3.81. The van der Waals surface area contributed by atoms with Crippen molar-refractivity contribution in [1.29, 1.82) is 0 Å². The second-order valence-corrected chi connectivity index (χ2v) is 4.53. The van der Waals surface area contributed by atoms with Gasteiger partial charge < -0.3 is 5.32 Å². The van der Waals surface area contributed by atoms with Gasteiger partial charge in [-0.25, -0.2) is 14.4 Å². The lowest BCUT2D eigenvalue weighted by atomic mass is 10.1. The number of aromatic nitrogens is 3. The number of fused-ring (bicyclic) bond motifs is 1.